The van der Waals surface area contributed by atoms with E-state index in [0.717, 1.165) is 26.5 Å². The zero-order valence-corrected chi connectivity index (χ0v) is 42.7. The monoisotopic (exact) mass is 1050 g/mol. The molecule has 0 aromatic heterocycles. The van der Waals surface area contributed by atoms with Gasteiger partial charge in [-0.1, -0.05) is 67.8 Å². The third-order valence-corrected chi connectivity index (χ3v) is 13.6. The standard InChI is InChI=1S/C45H72N12O13S2/c1-5-25(4)38-44(69)52-29(13-14-34(47)60)41(66)54-32(19-35(48)61)42(67)55-33(23-72-71-22-28(46)39(64)53-31(43(68)56-38)18-26-9-11-27(59)12-10-26)45(70)57(15-7-6-8-16-58)21-37(63)51-30(17-24(2)3)40(65)50-20-36(49)62/h9-12,24-25,28-33,38,58-59H,5-8,13-23,46H2,1-4H3,(H2,47,60)(H2,48,61)(H2,49,62)(H,50,65)(H,51,63)(H,52,69)(H,53,64)(H,54,66)(H,55,67)(H,56,68)/t25-,28-,29-,30-,31-,32-,33-,38-/m1/s1. The molecule has 1 heterocycles. The molecule has 0 unspecified atom stereocenters. The maximum atomic E-state index is 14.6. The number of rotatable bonds is 23. The molecule has 0 aliphatic carbocycles. The SMILES string of the molecule is CC[C@@H](C)[C@H]1NC(=O)[C@@H](Cc2ccc(O)cc2)NC(=O)[C@H](N)CSSC[C@H](C(=O)N(CCCCCO)CC(=O)N[C@H](CC(C)C)C(=O)NCC(N)=O)NC(=O)[C@@H](CC(N)=O)NC(=O)[C@@H](CCC(N)=O)NC1=O. The second kappa shape index (κ2) is 32.0. The van der Waals surface area contributed by atoms with Crippen molar-refractivity contribution in [2.24, 2.45) is 34.8 Å². The molecular weight excluding hydrogens is 981 g/mol. The predicted octanol–water partition coefficient (Wildman–Crippen LogP) is -3.61. The van der Waals surface area contributed by atoms with Crippen LogP contribution < -0.4 is 60.2 Å². The molecule has 1 fully saturated rings. The van der Waals surface area contributed by atoms with E-state index in [2.05, 4.69) is 37.2 Å². The van der Waals surface area contributed by atoms with Gasteiger partial charge in [0.25, 0.3) is 0 Å². The number of nitrogens with two attached hydrogens (primary N) is 4. The first-order valence-electron chi connectivity index (χ1n) is 23.6. The number of phenolic OH excluding ortho intramolecular Hbond substituents is 1. The number of carbonyl (C=O) groups excluding carboxylic acids is 11. The lowest BCUT2D eigenvalue weighted by atomic mass is 9.96. The number of aromatic hydroxyl groups is 1. The Morgan fingerprint density at radius 1 is 0.764 bits per heavy atom. The first kappa shape index (κ1) is 61.9. The van der Waals surface area contributed by atoms with Gasteiger partial charge in [-0.05, 0) is 61.6 Å². The molecular formula is C45H72N12O13S2. The number of aliphatic hydroxyl groups excluding tert-OH is 1. The maximum absolute atomic E-state index is 14.6. The number of nitrogens with one attached hydrogen (secondary N) is 7. The number of amides is 11. The van der Waals surface area contributed by atoms with Gasteiger partial charge in [-0.2, -0.15) is 0 Å². The molecule has 72 heavy (non-hydrogen) atoms. The smallest absolute Gasteiger partial charge is 0.246 e. The van der Waals surface area contributed by atoms with Crippen LogP contribution in [0.15, 0.2) is 24.3 Å². The lowest BCUT2D eigenvalue weighted by molar-refractivity contribution is -0.140. The lowest BCUT2D eigenvalue weighted by Gasteiger charge is -2.30. The summed E-state index contributed by atoms with van der Waals surface area (Å²) in [6.07, 6.45) is -0.320. The van der Waals surface area contributed by atoms with Gasteiger partial charge in [-0.3, -0.25) is 52.7 Å². The van der Waals surface area contributed by atoms with Gasteiger partial charge in [0.15, 0.2) is 0 Å². The summed E-state index contributed by atoms with van der Waals surface area (Å²) < 4.78 is 0. The van der Waals surface area contributed by atoms with Gasteiger partial charge in [-0.15, -0.1) is 0 Å². The second-order valence-electron chi connectivity index (χ2n) is 17.8. The van der Waals surface area contributed by atoms with E-state index in [1.807, 2.05) is 0 Å². The summed E-state index contributed by atoms with van der Waals surface area (Å²) in [6.45, 7) is 5.56. The zero-order chi connectivity index (χ0) is 54.1. The Balaban J connectivity index is 2.70. The predicted molar refractivity (Wildman–Crippen MR) is 267 cm³/mol. The molecule has 1 saturated heterocycles. The molecule has 17 N–H and O–H groups in total. The fourth-order valence-corrected chi connectivity index (χ4v) is 9.34. The van der Waals surface area contributed by atoms with Gasteiger partial charge in [0, 0.05) is 37.5 Å². The van der Waals surface area contributed by atoms with Gasteiger partial charge in [0.05, 0.1) is 25.6 Å². The Hall–Kier alpha value is -6.19. The Morgan fingerprint density at radius 2 is 1.38 bits per heavy atom. The van der Waals surface area contributed by atoms with Crippen LogP contribution in [0.1, 0.15) is 84.6 Å². The normalized spacial score (nSPS) is 21.6. The van der Waals surface area contributed by atoms with Crippen LogP contribution in [-0.4, -0.2) is 160 Å². The van der Waals surface area contributed by atoms with Crippen LogP contribution in [0, 0.1) is 11.8 Å². The number of nitrogens with zero attached hydrogens (tertiary/aromatic N) is 1. The largest absolute Gasteiger partial charge is 0.508 e. The highest BCUT2D eigenvalue weighted by molar-refractivity contribution is 8.76. The van der Waals surface area contributed by atoms with Gasteiger partial charge >= 0.3 is 0 Å². The molecule has 0 bridgehead atoms. The second-order valence-corrected chi connectivity index (χ2v) is 20.4. The summed E-state index contributed by atoms with van der Waals surface area (Å²) in [5.74, 6) is -10.9. The van der Waals surface area contributed by atoms with Gasteiger partial charge in [0.2, 0.25) is 65.0 Å². The Morgan fingerprint density at radius 3 is 1.97 bits per heavy atom. The van der Waals surface area contributed by atoms with Gasteiger partial charge in [-0.25, -0.2) is 0 Å². The first-order valence-corrected chi connectivity index (χ1v) is 26.1. The average Bonchev–Trinajstić information content (AvgIpc) is 3.31. The quantitative estimate of drug-likeness (QED) is 0.0372. The topological polar surface area (TPSA) is 420 Å². The van der Waals surface area contributed by atoms with Crippen LogP contribution in [0.25, 0.3) is 0 Å². The van der Waals surface area contributed by atoms with Crippen molar-refractivity contribution in [1.29, 1.82) is 0 Å². The molecule has 1 aliphatic heterocycles. The first-order chi connectivity index (χ1) is 33.9. The third kappa shape index (κ3) is 22.9. The number of phenols is 1. The molecule has 1 aliphatic rings. The highest BCUT2D eigenvalue weighted by Gasteiger charge is 2.37. The van der Waals surface area contributed by atoms with Crippen LogP contribution in [0.5, 0.6) is 5.75 Å². The molecule has 1 aromatic rings. The van der Waals surface area contributed by atoms with Gasteiger partial charge in [0.1, 0.15) is 42.0 Å². The number of carbonyl (C=O) groups is 11. The average molecular weight is 1050 g/mol. The van der Waals surface area contributed by atoms with Crippen LogP contribution in [0.4, 0.5) is 0 Å². The van der Waals surface area contributed by atoms with Crippen LogP contribution in [-0.2, 0) is 59.2 Å². The van der Waals surface area contributed by atoms with Crippen LogP contribution >= 0.6 is 21.6 Å². The fraction of sp³-hybridized carbons (Fsp3) is 0.622. The fourth-order valence-electron chi connectivity index (χ4n) is 7.06. The highest BCUT2D eigenvalue weighted by atomic mass is 33.1. The van der Waals surface area contributed by atoms with Crippen LogP contribution in [0.3, 0.4) is 0 Å². The molecule has 1 aromatic carbocycles. The number of hydrogen-bond donors (Lipinski definition) is 13. The van der Waals surface area contributed by atoms with Crippen molar-refractivity contribution in [2.45, 2.75) is 128 Å². The van der Waals surface area contributed by atoms with E-state index in [1.54, 1.807) is 27.7 Å². The van der Waals surface area contributed by atoms with E-state index in [4.69, 9.17) is 22.9 Å². The minimum Gasteiger partial charge on any atom is -0.508 e. The van der Waals surface area contributed by atoms with Gasteiger partial charge < -0.3 is 75.3 Å². The van der Waals surface area contributed by atoms with Crippen molar-refractivity contribution >= 4 is 86.6 Å². The van der Waals surface area contributed by atoms with E-state index in [0.29, 0.717) is 24.8 Å². The van der Waals surface area contributed by atoms with Crippen LogP contribution in [0.2, 0.25) is 0 Å². The molecule has 27 heteroatoms. The Bertz CT molecular complexity index is 2050. The van der Waals surface area contributed by atoms with Crippen molar-refractivity contribution in [3.05, 3.63) is 29.8 Å². The summed E-state index contributed by atoms with van der Waals surface area (Å²) in [5, 5.41) is 37.0. The maximum Gasteiger partial charge on any atom is 0.246 e. The number of unbranched alkanes of at least 4 members (excludes halogenated alkanes) is 2. The van der Waals surface area contributed by atoms with E-state index in [1.165, 1.54) is 24.3 Å². The van der Waals surface area contributed by atoms with Crippen molar-refractivity contribution in [3.63, 3.8) is 0 Å². The molecule has 25 nitrogen and oxygen atoms in total. The number of aliphatic hydroxyl groups is 1. The number of benzene rings is 1. The van der Waals surface area contributed by atoms with Crippen molar-refractivity contribution in [2.75, 3.05) is 37.7 Å². The van der Waals surface area contributed by atoms with E-state index in [-0.39, 0.29) is 55.6 Å². The number of hydrogen-bond acceptors (Lipinski definition) is 16. The molecule has 0 spiro atoms. The van der Waals surface area contributed by atoms with E-state index in [9.17, 15) is 63.0 Å². The summed E-state index contributed by atoms with van der Waals surface area (Å²) in [5.41, 5.74) is 23.0. The minimum absolute atomic E-state index is 0.0555. The van der Waals surface area contributed by atoms with Crippen molar-refractivity contribution < 1.29 is 63.0 Å². The molecule has 8 atom stereocenters. The molecule has 11 amide bonds. The lowest BCUT2D eigenvalue weighted by Crippen LogP contribution is -2.61. The molecule has 0 saturated carbocycles. The summed E-state index contributed by atoms with van der Waals surface area (Å²) >= 11 is 0. The Kier molecular flexibility index (Phi) is 27.5. The van der Waals surface area contributed by atoms with E-state index < -0.39 is 146 Å². The summed E-state index contributed by atoms with van der Waals surface area (Å²) in [4.78, 5) is 148. The summed E-state index contributed by atoms with van der Waals surface area (Å²) in [6, 6.07) is -4.20. The number of primary amides is 3. The highest BCUT2D eigenvalue weighted by Crippen LogP contribution is 2.24. The zero-order valence-electron chi connectivity index (χ0n) is 41.1. The van der Waals surface area contributed by atoms with Crippen molar-refractivity contribution in [1.82, 2.24) is 42.1 Å². The Labute approximate surface area is 426 Å². The molecule has 0 radical (unpaired) electrons. The summed E-state index contributed by atoms with van der Waals surface area (Å²) in [7, 11) is 1.99. The third-order valence-electron chi connectivity index (χ3n) is 11.2. The van der Waals surface area contributed by atoms with Crippen molar-refractivity contribution in [3.8, 4) is 5.75 Å². The minimum atomic E-state index is -1.79. The molecule has 2 rings (SSSR count). The van der Waals surface area contributed by atoms with E-state index >= 15 is 0 Å². The molecule has 402 valence electrons.